The van der Waals surface area contributed by atoms with Crippen molar-refractivity contribution in [1.82, 2.24) is 10.2 Å². The first-order valence-electron chi connectivity index (χ1n) is 4.57. The summed E-state index contributed by atoms with van der Waals surface area (Å²) in [5.74, 6) is 0. The fourth-order valence-electron chi connectivity index (χ4n) is 1.35. The lowest BCUT2D eigenvalue weighted by molar-refractivity contribution is 0.216. The maximum Gasteiger partial charge on any atom is 0.317 e. The average Bonchev–Trinajstić information content (AvgIpc) is 2.46. The molecule has 1 rings (SSSR count). The van der Waals surface area contributed by atoms with Gasteiger partial charge in [0.2, 0.25) is 0 Å². The maximum atomic E-state index is 11.0. The van der Waals surface area contributed by atoms with Crippen LogP contribution in [0.2, 0.25) is 0 Å². The van der Waals surface area contributed by atoms with Crippen LogP contribution in [0.1, 0.15) is 19.3 Å². The second-order valence-electron chi connectivity index (χ2n) is 3.07. The van der Waals surface area contributed by atoms with Crippen molar-refractivity contribution in [3.8, 4) is 0 Å². The number of carbonyl (C=O) groups is 1. The number of nitrogens with zero attached hydrogens (tertiary/aromatic N) is 1. The molecule has 1 heterocycles. The number of nitrogens with one attached hydrogen (secondary N) is 1. The first-order valence-corrected chi connectivity index (χ1v) is 4.57. The summed E-state index contributed by atoms with van der Waals surface area (Å²) in [6.07, 6.45) is 3.26. The fraction of sp³-hybridized carbons (Fsp3) is 0.875. The van der Waals surface area contributed by atoms with Crippen LogP contribution in [-0.2, 0) is 0 Å². The quantitative estimate of drug-likeness (QED) is 0.578. The Morgan fingerprint density at radius 2 is 2.25 bits per heavy atom. The molecule has 1 fully saturated rings. The van der Waals surface area contributed by atoms with E-state index in [0.29, 0.717) is 0 Å². The molecule has 0 atom stereocenters. The van der Waals surface area contributed by atoms with Crippen LogP contribution in [0, 0.1) is 0 Å². The number of hydrogen-bond donors (Lipinski definition) is 2. The lowest BCUT2D eigenvalue weighted by Gasteiger charge is -2.12. The molecule has 0 bridgehead atoms. The topological polar surface area (TPSA) is 58.4 Å². The Labute approximate surface area is 73.1 Å². The Balaban J connectivity index is 2.02. The van der Waals surface area contributed by atoms with Crippen LogP contribution >= 0.6 is 0 Å². The third kappa shape index (κ3) is 2.70. The molecule has 4 nitrogen and oxygen atoms in total. The molecular formula is C8H17N3O. The summed E-state index contributed by atoms with van der Waals surface area (Å²) in [4.78, 5) is 12.9. The molecule has 0 aromatic carbocycles. The predicted octanol–water partition coefficient (Wildman–Crippen LogP) is 0.141. The lowest BCUT2D eigenvalue weighted by Crippen LogP contribution is -2.29. The van der Waals surface area contributed by atoms with Gasteiger partial charge in [-0.25, -0.2) is 4.79 Å². The van der Waals surface area contributed by atoms with Crippen molar-refractivity contribution in [2.75, 3.05) is 26.2 Å². The smallest absolute Gasteiger partial charge is 0.317 e. The van der Waals surface area contributed by atoms with Gasteiger partial charge in [0.25, 0.3) is 0 Å². The van der Waals surface area contributed by atoms with Crippen LogP contribution in [-0.4, -0.2) is 37.1 Å². The van der Waals surface area contributed by atoms with Crippen LogP contribution in [0.3, 0.4) is 0 Å². The normalized spacial score (nSPS) is 16.8. The Hall–Kier alpha value is -0.770. The lowest BCUT2D eigenvalue weighted by atomic mass is 10.2. The van der Waals surface area contributed by atoms with Gasteiger partial charge in [0.1, 0.15) is 0 Å². The zero-order valence-corrected chi connectivity index (χ0v) is 7.38. The third-order valence-electron chi connectivity index (χ3n) is 2.08. The number of carbonyl (C=O) groups excluding carboxylic acids is 1. The van der Waals surface area contributed by atoms with E-state index in [1.165, 1.54) is 0 Å². The first-order chi connectivity index (χ1) is 5.84. The monoisotopic (exact) mass is 171 g/mol. The summed E-state index contributed by atoms with van der Waals surface area (Å²) in [6.45, 7) is 3.30. The molecule has 0 unspecified atom stereocenters. The van der Waals surface area contributed by atoms with E-state index in [1.54, 1.807) is 0 Å². The summed E-state index contributed by atoms with van der Waals surface area (Å²) in [7, 11) is 0. The molecule has 0 radical (unpaired) electrons. The van der Waals surface area contributed by atoms with Gasteiger partial charge in [-0.15, -0.1) is 0 Å². The van der Waals surface area contributed by atoms with Crippen molar-refractivity contribution in [3.63, 3.8) is 0 Å². The average molecular weight is 171 g/mol. The molecular weight excluding hydrogens is 154 g/mol. The SMILES string of the molecule is NCCCCCN1CCNC1=O. The van der Waals surface area contributed by atoms with Crippen molar-refractivity contribution in [2.24, 2.45) is 5.73 Å². The Kier molecular flexibility index (Phi) is 3.87. The minimum absolute atomic E-state index is 0.0859. The van der Waals surface area contributed by atoms with Crippen molar-refractivity contribution >= 4 is 6.03 Å². The van der Waals surface area contributed by atoms with Crippen LogP contribution < -0.4 is 11.1 Å². The highest BCUT2D eigenvalue weighted by molar-refractivity contribution is 5.76. The van der Waals surface area contributed by atoms with Gasteiger partial charge in [-0.05, 0) is 19.4 Å². The largest absolute Gasteiger partial charge is 0.336 e. The van der Waals surface area contributed by atoms with Gasteiger partial charge in [-0.1, -0.05) is 6.42 Å². The molecule has 0 aromatic heterocycles. The molecule has 4 heteroatoms. The summed E-state index contributed by atoms with van der Waals surface area (Å²) in [5, 5.41) is 2.77. The summed E-state index contributed by atoms with van der Waals surface area (Å²) < 4.78 is 0. The Bertz CT molecular complexity index is 149. The van der Waals surface area contributed by atoms with Crippen molar-refractivity contribution in [3.05, 3.63) is 0 Å². The molecule has 3 N–H and O–H groups in total. The highest BCUT2D eigenvalue weighted by atomic mass is 16.2. The standard InChI is InChI=1S/C8H17N3O/c9-4-2-1-3-6-11-7-5-10-8(11)12/h1-7,9H2,(H,10,12). The molecule has 1 aliphatic heterocycles. The van der Waals surface area contributed by atoms with Gasteiger partial charge in [0.15, 0.2) is 0 Å². The van der Waals surface area contributed by atoms with E-state index in [9.17, 15) is 4.79 Å². The summed E-state index contributed by atoms with van der Waals surface area (Å²) in [6, 6.07) is 0.0859. The van der Waals surface area contributed by atoms with E-state index >= 15 is 0 Å². The zero-order valence-electron chi connectivity index (χ0n) is 7.38. The number of unbranched alkanes of at least 4 members (excludes halogenated alkanes) is 2. The molecule has 0 aliphatic carbocycles. The molecule has 70 valence electrons. The zero-order chi connectivity index (χ0) is 8.81. The van der Waals surface area contributed by atoms with Gasteiger partial charge >= 0.3 is 6.03 Å². The molecule has 2 amide bonds. The van der Waals surface area contributed by atoms with Gasteiger partial charge in [-0.3, -0.25) is 0 Å². The molecule has 0 aromatic rings. The molecule has 1 saturated heterocycles. The highest BCUT2D eigenvalue weighted by Crippen LogP contribution is 2.01. The number of amides is 2. The Morgan fingerprint density at radius 1 is 1.42 bits per heavy atom. The maximum absolute atomic E-state index is 11.0. The minimum atomic E-state index is 0.0859. The van der Waals surface area contributed by atoms with Crippen LogP contribution in [0.15, 0.2) is 0 Å². The van der Waals surface area contributed by atoms with Crippen LogP contribution in [0.5, 0.6) is 0 Å². The van der Waals surface area contributed by atoms with E-state index in [2.05, 4.69) is 5.32 Å². The minimum Gasteiger partial charge on any atom is -0.336 e. The van der Waals surface area contributed by atoms with E-state index < -0.39 is 0 Å². The number of rotatable bonds is 5. The van der Waals surface area contributed by atoms with Crippen molar-refractivity contribution < 1.29 is 4.79 Å². The number of nitrogens with two attached hydrogens (primary N) is 1. The second-order valence-corrected chi connectivity index (χ2v) is 3.07. The van der Waals surface area contributed by atoms with Gasteiger partial charge in [0, 0.05) is 19.6 Å². The molecule has 0 saturated carbocycles. The van der Waals surface area contributed by atoms with Crippen LogP contribution in [0.4, 0.5) is 4.79 Å². The Morgan fingerprint density at radius 3 is 2.83 bits per heavy atom. The molecule has 12 heavy (non-hydrogen) atoms. The van der Waals surface area contributed by atoms with Gasteiger partial charge in [-0.2, -0.15) is 0 Å². The van der Waals surface area contributed by atoms with Crippen molar-refractivity contribution in [1.29, 1.82) is 0 Å². The van der Waals surface area contributed by atoms with Gasteiger partial charge in [0.05, 0.1) is 0 Å². The fourth-order valence-corrected chi connectivity index (χ4v) is 1.35. The van der Waals surface area contributed by atoms with Gasteiger partial charge < -0.3 is 16.0 Å². The van der Waals surface area contributed by atoms with E-state index in [0.717, 1.165) is 45.4 Å². The van der Waals surface area contributed by atoms with E-state index in [4.69, 9.17) is 5.73 Å². The molecule has 1 aliphatic rings. The second kappa shape index (κ2) is 4.98. The summed E-state index contributed by atoms with van der Waals surface area (Å²) in [5.41, 5.74) is 5.36. The third-order valence-corrected chi connectivity index (χ3v) is 2.08. The van der Waals surface area contributed by atoms with E-state index in [-0.39, 0.29) is 6.03 Å². The van der Waals surface area contributed by atoms with Crippen molar-refractivity contribution in [2.45, 2.75) is 19.3 Å². The first kappa shape index (κ1) is 9.32. The highest BCUT2D eigenvalue weighted by Gasteiger charge is 2.17. The number of hydrogen-bond acceptors (Lipinski definition) is 2. The van der Waals surface area contributed by atoms with Crippen LogP contribution in [0.25, 0.3) is 0 Å². The number of urea groups is 1. The predicted molar refractivity (Wildman–Crippen MR) is 47.9 cm³/mol. The van der Waals surface area contributed by atoms with E-state index in [1.807, 2.05) is 4.90 Å². The summed E-state index contributed by atoms with van der Waals surface area (Å²) >= 11 is 0. The molecule has 0 spiro atoms.